The summed E-state index contributed by atoms with van der Waals surface area (Å²) >= 11 is 10.8. The first-order valence-corrected chi connectivity index (χ1v) is 6.65. The highest BCUT2D eigenvalue weighted by Gasteiger charge is 2.06. The van der Waals surface area contributed by atoms with E-state index in [0.717, 1.165) is 0 Å². The number of ether oxygens (including phenoxy) is 1. The maximum Gasteiger partial charge on any atom is 0.175 e. The predicted molar refractivity (Wildman–Crippen MR) is 84.2 cm³/mol. The topological polar surface area (TPSA) is 33.3 Å². The van der Waals surface area contributed by atoms with Crippen LogP contribution in [0, 0.1) is 11.6 Å². The van der Waals surface area contributed by atoms with Crippen molar-refractivity contribution in [2.45, 2.75) is 0 Å². The smallest absolute Gasteiger partial charge is 0.175 e. The van der Waals surface area contributed by atoms with Gasteiger partial charge in [-0.25, -0.2) is 8.78 Å². The molecule has 0 amide bonds. The monoisotopic (exact) mass is 328 g/mol. The second-order valence-electron chi connectivity index (χ2n) is 4.06. The van der Waals surface area contributed by atoms with E-state index >= 15 is 0 Å². The Hall–Kier alpha value is -1.92. The maximum atomic E-state index is 13.5. The van der Waals surface area contributed by atoms with Crippen LogP contribution in [0.15, 0.2) is 36.4 Å². The number of nitrogens with one attached hydrogen (secondary N) is 2. The number of anilines is 2. The van der Waals surface area contributed by atoms with Crippen molar-refractivity contribution in [1.82, 2.24) is 0 Å². The van der Waals surface area contributed by atoms with E-state index in [0.29, 0.717) is 11.4 Å². The molecule has 0 bridgehead atoms. The zero-order chi connectivity index (χ0) is 15.4. The molecule has 2 aromatic rings. The van der Waals surface area contributed by atoms with Crippen molar-refractivity contribution in [3.05, 3.63) is 53.1 Å². The van der Waals surface area contributed by atoms with Gasteiger partial charge in [-0.3, -0.25) is 0 Å². The number of benzene rings is 2. The molecule has 0 fully saturated rings. The molecule has 21 heavy (non-hydrogen) atoms. The van der Waals surface area contributed by atoms with E-state index < -0.39 is 11.6 Å². The lowest BCUT2D eigenvalue weighted by Crippen LogP contribution is -2.19. The standard InChI is InChI=1S/C14H11ClF2N2OS/c1-20-13-5-3-9(7-12(13)17)19-14(21)18-8-2-4-11(16)10(15)6-8/h2-7H,1H3,(H2,18,19,21). The third-order valence-corrected chi connectivity index (χ3v) is 3.08. The molecule has 110 valence electrons. The number of thiocarbonyl (C=S) groups is 1. The third kappa shape index (κ3) is 4.03. The quantitative estimate of drug-likeness (QED) is 0.816. The van der Waals surface area contributed by atoms with Crippen LogP contribution < -0.4 is 15.4 Å². The van der Waals surface area contributed by atoms with Crippen LogP contribution in [0.3, 0.4) is 0 Å². The molecule has 0 unspecified atom stereocenters. The van der Waals surface area contributed by atoms with Gasteiger partial charge in [0.2, 0.25) is 0 Å². The zero-order valence-corrected chi connectivity index (χ0v) is 12.5. The van der Waals surface area contributed by atoms with Crippen molar-refractivity contribution in [3.8, 4) is 5.75 Å². The second kappa shape index (κ2) is 6.69. The van der Waals surface area contributed by atoms with Crippen molar-refractivity contribution in [2.24, 2.45) is 0 Å². The molecule has 0 radical (unpaired) electrons. The molecular weight excluding hydrogens is 318 g/mol. The highest BCUT2D eigenvalue weighted by molar-refractivity contribution is 7.80. The van der Waals surface area contributed by atoms with Crippen LogP contribution >= 0.6 is 23.8 Å². The Morgan fingerprint density at radius 1 is 1.05 bits per heavy atom. The van der Waals surface area contributed by atoms with Gasteiger partial charge >= 0.3 is 0 Å². The Labute approximate surface area is 130 Å². The van der Waals surface area contributed by atoms with Gasteiger partial charge in [-0.1, -0.05) is 11.6 Å². The first kappa shape index (κ1) is 15.5. The molecule has 0 spiro atoms. The second-order valence-corrected chi connectivity index (χ2v) is 4.87. The maximum absolute atomic E-state index is 13.5. The van der Waals surface area contributed by atoms with Gasteiger partial charge < -0.3 is 15.4 Å². The van der Waals surface area contributed by atoms with E-state index in [1.54, 1.807) is 6.07 Å². The highest BCUT2D eigenvalue weighted by atomic mass is 35.5. The van der Waals surface area contributed by atoms with Gasteiger partial charge in [-0.15, -0.1) is 0 Å². The summed E-state index contributed by atoms with van der Waals surface area (Å²) in [4.78, 5) is 0. The lowest BCUT2D eigenvalue weighted by molar-refractivity contribution is 0.387. The fourth-order valence-corrected chi connectivity index (χ4v) is 2.03. The van der Waals surface area contributed by atoms with Crippen molar-refractivity contribution in [3.63, 3.8) is 0 Å². The number of rotatable bonds is 3. The summed E-state index contributed by atoms with van der Waals surface area (Å²) in [6, 6.07) is 8.47. The Bertz CT molecular complexity index is 682. The van der Waals surface area contributed by atoms with E-state index in [1.165, 1.54) is 37.4 Å². The van der Waals surface area contributed by atoms with Crippen LogP contribution in [0.5, 0.6) is 5.75 Å². The zero-order valence-electron chi connectivity index (χ0n) is 10.9. The summed E-state index contributed by atoms with van der Waals surface area (Å²) in [5.74, 6) is -0.877. The Kier molecular flexibility index (Phi) is 4.93. The van der Waals surface area contributed by atoms with E-state index in [4.69, 9.17) is 28.6 Å². The molecule has 0 aliphatic carbocycles. The summed E-state index contributed by atoms with van der Waals surface area (Å²) in [6.07, 6.45) is 0. The normalized spacial score (nSPS) is 10.1. The Morgan fingerprint density at radius 3 is 2.24 bits per heavy atom. The molecule has 0 saturated carbocycles. The van der Waals surface area contributed by atoms with E-state index in [-0.39, 0.29) is 15.9 Å². The molecule has 0 atom stereocenters. The Balaban J connectivity index is 2.04. The minimum absolute atomic E-state index is 0.0155. The van der Waals surface area contributed by atoms with Gasteiger partial charge in [0.05, 0.1) is 12.1 Å². The van der Waals surface area contributed by atoms with Crippen molar-refractivity contribution < 1.29 is 13.5 Å². The molecular formula is C14H11ClF2N2OS. The van der Waals surface area contributed by atoms with Crippen LogP contribution in [0.2, 0.25) is 5.02 Å². The molecule has 2 rings (SSSR count). The van der Waals surface area contributed by atoms with E-state index in [2.05, 4.69) is 10.6 Å². The van der Waals surface area contributed by atoms with Crippen molar-refractivity contribution in [1.29, 1.82) is 0 Å². The lowest BCUT2D eigenvalue weighted by atomic mass is 10.3. The van der Waals surface area contributed by atoms with Crippen molar-refractivity contribution in [2.75, 3.05) is 17.7 Å². The SMILES string of the molecule is COc1ccc(NC(=S)Nc2ccc(F)c(Cl)c2)cc1F. The molecule has 7 heteroatoms. The first-order valence-electron chi connectivity index (χ1n) is 5.86. The highest BCUT2D eigenvalue weighted by Crippen LogP contribution is 2.22. The largest absolute Gasteiger partial charge is 0.494 e. The van der Waals surface area contributed by atoms with Crippen LogP contribution in [0.4, 0.5) is 20.2 Å². The number of hydrogen-bond donors (Lipinski definition) is 2. The van der Waals surface area contributed by atoms with Gasteiger partial charge in [0.25, 0.3) is 0 Å². The molecule has 3 nitrogen and oxygen atoms in total. The summed E-state index contributed by atoms with van der Waals surface area (Å²) in [5, 5.41) is 5.84. The number of hydrogen-bond acceptors (Lipinski definition) is 2. The molecule has 0 aromatic heterocycles. The minimum Gasteiger partial charge on any atom is -0.494 e. The fourth-order valence-electron chi connectivity index (χ4n) is 1.61. The van der Waals surface area contributed by atoms with Crippen LogP contribution in [0.25, 0.3) is 0 Å². The first-order chi connectivity index (χ1) is 9.99. The lowest BCUT2D eigenvalue weighted by Gasteiger charge is -2.11. The summed E-state index contributed by atoms with van der Waals surface area (Å²) < 4.78 is 31.4. The van der Waals surface area contributed by atoms with Crippen LogP contribution in [-0.4, -0.2) is 12.2 Å². The molecule has 2 aromatic carbocycles. The van der Waals surface area contributed by atoms with Gasteiger partial charge in [0.1, 0.15) is 5.82 Å². The van der Waals surface area contributed by atoms with Crippen LogP contribution in [0.1, 0.15) is 0 Å². The summed E-state index contributed by atoms with van der Waals surface area (Å²) in [6.45, 7) is 0. The van der Waals surface area contributed by atoms with Gasteiger partial charge in [0, 0.05) is 17.4 Å². The fraction of sp³-hybridized carbons (Fsp3) is 0.0714. The summed E-state index contributed by atoms with van der Waals surface area (Å²) in [7, 11) is 1.38. The average Bonchev–Trinajstić information content (AvgIpc) is 2.43. The molecule has 0 saturated heterocycles. The van der Waals surface area contributed by atoms with Gasteiger partial charge in [-0.2, -0.15) is 0 Å². The average molecular weight is 329 g/mol. The third-order valence-electron chi connectivity index (χ3n) is 2.59. The Morgan fingerprint density at radius 2 is 1.67 bits per heavy atom. The predicted octanol–water partition coefficient (Wildman–Crippen LogP) is 4.44. The number of methoxy groups -OCH3 is 1. The number of halogens is 3. The molecule has 2 N–H and O–H groups in total. The molecule has 0 heterocycles. The van der Waals surface area contributed by atoms with Gasteiger partial charge in [-0.05, 0) is 42.5 Å². The molecule has 0 aliphatic heterocycles. The summed E-state index contributed by atoms with van der Waals surface area (Å²) in [5.41, 5.74) is 0.979. The van der Waals surface area contributed by atoms with Crippen LogP contribution in [-0.2, 0) is 0 Å². The molecule has 0 aliphatic rings. The van der Waals surface area contributed by atoms with Gasteiger partial charge in [0.15, 0.2) is 16.7 Å². The van der Waals surface area contributed by atoms with E-state index in [9.17, 15) is 8.78 Å². The minimum atomic E-state index is -0.515. The van der Waals surface area contributed by atoms with Crippen molar-refractivity contribution >= 4 is 40.3 Å². The van der Waals surface area contributed by atoms with E-state index in [1.807, 2.05) is 0 Å².